The fraction of sp³-hybridized carbons (Fsp3) is 0.524. The van der Waals surface area contributed by atoms with Gasteiger partial charge in [0.2, 0.25) is 0 Å². The molecule has 0 spiro atoms. The van der Waals surface area contributed by atoms with Gasteiger partial charge in [-0.2, -0.15) is 0 Å². The van der Waals surface area contributed by atoms with Crippen LogP contribution in [0.1, 0.15) is 56.8 Å². The number of benzene rings is 1. The quantitative estimate of drug-likeness (QED) is 0.701. The molecule has 1 heterocycles. The minimum absolute atomic E-state index is 0.366. The van der Waals surface area contributed by atoms with Crippen LogP contribution in [0.15, 0.2) is 24.4 Å². The van der Waals surface area contributed by atoms with E-state index in [1.165, 1.54) is 20.0 Å². The lowest BCUT2D eigenvalue weighted by Gasteiger charge is -2.37. The number of carbonyl (C=O) groups excluding carboxylic acids is 1. The number of anilines is 1. The van der Waals surface area contributed by atoms with Crippen molar-refractivity contribution in [1.82, 2.24) is 4.98 Å². The zero-order chi connectivity index (χ0) is 18.9. The average Bonchev–Trinajstić information content (AvgIpc) is 2.63. The number of fused-ring (bicyclic) bond motifs is 1. The van der Waals surface area contributed by atoms with Crippen molar-refractivity contribution in [3.8, 4) is 0 Å². The smallest absolute Gasteiger partial charge is 0.337 e. The number of rotatable bonds is 3. The summed E-state index contributed by atoms with van der Waals surface area (Å²) in [7, 11) is 1.38. The first-order valence-corrected chi connectivity index (χ1v) is 9.60. The molecule has 2 aromatic rings. The maximum absolute atomic E-state index is 11.8. The van der Waals surface area contributed by atoms with Gasteiger partial charge in [0.15, 0.2) is 0 Å². The van der Waals surface area contributed by atoms with Crippen LogP contribution in [-0.2, 0) is 4.74 Å². The second-order valence-corrected chi connectivity index (χ2v) is 8.65. The summed E-state index contributed by atoms with van der Waals surface area (Å²) in [5.74, 6) is 1.10. The standard InChI is InChI=1S/C21H27ClN2O2/c1-21(2,3)15-7-9-16(10-8-15)24-19-18(22)17-11-13(20(25)26-4)5-6-14(17)12-23-19/h5-6,11-12,15-16H,7-10H2,1-4H3,(H,23,24)/t15-,16-. The van der Waals surface area contributed by atoms with E-state index in [4.69, 9.17) is 16.3 Å². The summed E-state index contributed by atoms with van der Waals surface area (Å²) in [5, 5.41) is 5.80. The van der Waals surface area contributed by atoms with Gasteiger partial charge < -0.3 is 10.1 Å². The number of ether oxygens (including phenoxy) is 1. The van der Waals surface area contributed by atoms with E-state index in [0.717, 1.165) is 29.5 Å². The molecule has 0 aliphatic heterocycles. The van der Waals surface area contributed by atoms with Gasteiger partial charge in [-0.3, -0.25) is 0 Å². The molecule has 5 heteroatoms. The zero-order valence-corrected chi connectivity index (χ0v) is 16.7. The van der Waals surface area contributed by atoms with E-state index >= 15 is 0 Å². The van der Waals surface area contributed by atoms with Crippen LogP contribution in [0, 0.1) is 11.3 Å². The highest BCUT2D eigenvalue weighted by Crippen LogP contribution is 2.39. The maximum Gasteiger partial charge on any atom is 0.337 e. The van der Waals surface area contributed by atoms with Gasteiger partial charge in [0, 0.05) is 23.0 Å². The van der Waals surface area contributed by atoms with Gasteiger partial charge >= 0.3 is 5.97 Å². The van der Waals surface area contributed by atoms with Crippen LogP contribution in [-0.4, -0.2) is 24.1 Å². The van der Waals surface area contributed by atoms with E-state index in [-0.39, 0.29) is 5.97 Å². The molecular weight excluding hydrogens is 348 g/mol. The molecule has 140 valence electrons. The Morgan fingerprint density at radius 2 is 1.92 bits per heavy atom. The van der Waals surface area contributed by atoms with Crippen molar-refractivity contribution in [1.29, 1.82) is 0 Å². The van der Waals surface area contributed by atoms with Crippen molar-refractivity contribution < 1.29 is 9.53 Å². The third-order valence-electron chi connectivity index (χ3n) is 5.54. The Kier molecular flexibility index (Phi) is 5.42. The Balaban J connectivity index is 1.78. The van der Waals surface area contributed by atoms with E-state index in [1.807, 2.05) is 6.07 Å². The zero-order valence-electron chi connectivity index (χ0n) is 15.9. The highest BCUT2D eigenvalue weighted by molar-refractivity contribution is 6.38. The van der Waals surface area contributed by atoms with Crippen molar-refractivity contribution in [2.75, 3.05) is 12.4 Å². The number of esters is 1. The van der Waals surface area contributed by atoms with Crippen LogP contribution in [0.25, 0.3) is 10.8 Å². The van der Waals surface area contributed by atoms with Crippen molar-refractivity contribution in [3.05, 3.63) is 35.0 Å². The SMILES string of the molecule is COC(=O)c1ccc2cnc(N[C@H]3CC[C@H](C(C)(C)C)CC3)c(Cl)c2c1. The van der Waals surface area contributed by atoms with Crippen LogP contribution in [0.4, 0.5) is 5.82 Å². The Bertz CT molecular complexity index is 805. The molecule has 0 unspecified atom stereocenters. The number of carbonyl (C=O) groups is 1. The van der Waals surface area contributed by atoms with Gasteiger partial charge in [-0.15, -0.1) is 0 Å². The number of methoxy groups -OCH3 is 1. The predicted molar refractivity (Wildman–Crippen MR) is 107 cm³/mol. The topological polar surface area (TPSA) is 51.2 Å². The number of nitrogens with zero attached hydrogens (tertiary/aromatic N) is 1. The molecule has 0 atom stereocenters. The fourth-order valence-corrected chi connectivity index (χ4v) is 4.09. The molecule has 1 saturated carbocycles. The Labute approximate surface area is 160 Å². The second-order valence-electron chi connectivity index (χ2n) is 8.27. The van der Waals surface area contributed by atoms with Crippen LogP contribution in [0.2, 0.25) is 5.02 Å². The number of nitrogens with one attached hydrogen (secondary N) is 1. The van der Waals surface area contributed by atoms with Gasteiger partial charge in [0.05, 0.1) is 17.7 Å². The maximum atomic E-state index is 11.8. The number of hydrogen-bond acceptors (Lipinski definition) is 4. The highest BCUT2D eigenvalue weighted by atomic mass is 35.5. The van der Waals surface area contributed by atoms with Gasteiger partial charge in [-0.05, 0) is 49.1 Å². The lowest BCUT2D eigenvalue weighted by Crippen LogP contribution is -2.31. The molecule has 1 aliphatic carbocycles. The average molecular weight is 375 g/mol. The Morgan fingerprint density at radius 3 is 2.54 bits per heavy atom. The van der Waals surface area contributed by atoms with Crippen molar-refractivity contribution in [3.63, 3.8) is 0 Å². The summed E-state index contributed by atoms with van der Waals surface area (Å²) in [4.78, 5) is 16.3. The van der Waals surface area contributed by atoms with E-state index in [1.54, 1.807) is 18.3 Å². The lowest BCUT2D eigenvalue weighted by molar-refractivity contribution is 0.0601. The van der Waals surface area contributed by atoms with Gasteiger partial charge in [-0.25, -0.2) is 9.78 Å². The molecule has 4 nitrogen and oxygen atoms in total. The Hall–Kier alpha value is -1.81. The Morgan fingerprint density at radius 1 is 1.23 bits per heavy atom. The third kappa shape index (κ3) is 3.96. The molecule has 0 radical (unpaired) electrons. The first-order valence-electron chi connectivity index (χ1n) is 9.22. The van der Waals surface area contributed by atoms with Gasteiger partial charge in [0.1, 0.15) is 5.82 Å². The first-order chi connectivity index (χ1) is 12.3. The molecule has 0 amide bonds. The second kappa shape index (κ2) is 7.43. The number of halogens is 1. The number of pyridine rings is 1. The van der Waals surface area contributed by atoms with E-state index in [2.05, 4.69) is 31.1 Å². The molecule has 1 N–H and O–H groups in total. The van der Waals surface area contributed by atoms with E-state index in [9.17, 15) is 4.79 Å². The molecule has 3 rings (SSSR count). The van der Waals surface area contributed by atoms with Crippen LogP contribution >= 0.6 is 11.6 Å². The van der Waals surface area contributed by atoms with Crippen molar-refractivity contribution >= 4 is 34.2 Å². The van der Waals surface area contributed by atoms with Crippen LogP contribution in [0.3, 0.4) is 0 Å². The summed E-state index contributed by atoms with van der Waals surface area (Å²) in [6.07, 6.45) is 6.49. The van der Waals surface area contributed by atoms with Crippen molar-refractivity contribution in [2.45, 2.75) is 52.5 Å². The summed E-state index contributed by atoms with van der Waals surface area (Å²) in [5.41, 5.74) is 0.860. The van der Waals surface area contributed by atoms with Crippen LogP contribution < -0.4 is 5.32 Å². The fourth-order valence-electron chi connectivity index (χ4n) is 3.82. The largest absolute Gasteiger partial charge is 0.465 e. The minimum Gasteiger partial charge on any atom is -0.465 e. The molecule has 0 bridgehead atoms. The number of aromatic nitrogens is 1. The summed E-state index contributed by atoms with van der Waals surface area (Å²) >= 11 is 6.60. The van der Waals surface area contributed by atoms with E-state index in [0.29, 0.717) is 27.9 Å². The van der Waals surface area contributed by atoms with E-state index < -0.39 is 0 Å². The predicted octanol–water partition coefficient (Wildman–Crippen LogP) is 5.69. The lowest BCUT2D eigenvalue weighted by atomic mass is 9.71. The van der Waals surface area contributed by atoms with Gasteiger partial charge in [-0.1, -0.05) is 38.4 Å². The molecule has 1 aliphatic rings. The molecule has 26 heavy (non-hydrogen) atoms. The molecule has 0 saturated heterocycles. The molecular formula is C21H27ClN2O2. The molecule has 1 aromatic carbocycles. The highest BCUT2D eigenvalue weighted by Gasteiger charge is 2.30. The molecule has 1 fully saturated rings. The van der Waals surface area contributed by atoms with Crippen LogP contribution in [0.5, 0.6) is 0 Å². The van der Waals surface area contributed by atoms with Gasteiger partial charge in [0.25, 0.3) is 0 Å². The summed E-state index contributed by atoms with van der Waals surface area (Å²) in [6.45, 7) is 6.98. The normalized spacial score (nSPS) is 20.8. The molecule has 1 aromatic heterocycles. The van der Waals surface area contributed by atoms with Crippen molar-refractivity contribution in [2.24, 2.45) is 11.3 Å². The number of hydrogen-bond donors (Lipinski definition) is 1. The summed E-state index contributed by atoms with van der Waals surface area (Å²) < 4.78 is 4.80. The monoisotopic (exact) mass is 374 g/mol. The first kappa shape index (κ1) is 19.0. The third-order valence-corrected chi connectivity index (χ3v) is 5.93. The summed E-state index contributed by atoms with van der Waals surface area (Å²) in [6, 6.07) is 5.73. The minimum atomic E-state index is -0.366.